The van der Waals surface area contributed by atoms with Crippen LogP contribution in [0.15, 0.2) is 97.1 Å². The maximum atomic E-state index is 14.4. The van der Waals surface area contributed by atoms with Crippen molar-refractivity contribution in [1.82, 2.24) is 9.80 Å². The third kappa shape index (κ3) is 5.46. The van der Waals surface area contributed by atoms with Crippen molar-refractivity contribution in [2.24, 2.45) is 0 Å². The monoisotopic (exact) mass is 610 g/mol. The number of nitriles is 1. The second-order valence-electron chi connectivity index (χ2n) is 10.9. The van der Waals surface area contributed by atoms with E-state index in [9.17, 15) is 14.9 Å². The van der Waals surface area contributed by atoms with Gasteiger partial charge in [-0.3, -0.25) is 9.69 Å². The molecule has 2 fully saturated rings. The van der Waals surface area contributed by atoms with Gasteiger partial charge < -0.3 is 9.64 Å². The van der Waals surface area contributed by atoms with Gasteiger partial charge in [0, 0.05) is 42.6 Å². The van der Waals surface area contributed by atoms with E-state index in [-0.39, 0.29) is 11.8 Å². The van der Waals surface area contributed by atoms with Crippen LogP contribution in [0.25, 0.3) is 0 Å². The number of anilines is 1. The van der Waals surface area contributed by atoms with Crippen LogP contribution in [0, 0.1) is 11.3 Å². The average molecular weight is 612 g/mol. The summed E-state index contributed by atoms with van der Waals surface area (Å²) in [6.45, 7) is 1.92. The van der Waals surface area contributed by atoms with Gasteiger partial charge >= 0.3 is 6.03 Å². The molecule has 7 nitrogen and oxygen atoms in total. The van der Waals surface area contributed by atoms with E-state index in [0.29, 0.717) is 47.5 Å². The fourth-order valence-corrected chi connectivity index (χ4v) is 6.62. The highest BCUT2D eigenvalue weighted by atomic mass is 35.5. The molecule has 0 aliphatic carbocycles. The number of likely N-dealkylation sites (N-methyl/N-ethyl adjacent to an activating group) is 1. The third-order valence-electron chi connectivity index (χ3n) is 8.26. The van der Waals surface area contributed by atoms with Crippen LogP contribution in [0.3, 0.4) is 0 Å². The van der Waals surface area contributed by atoms with Gasteiger partial charge in [-0.25, -0.2) is 9.69 Å². The number of urea groups is 1. The first kappa shape index (κ1) is 28.8. The van der Waals surface area contributed by atoms with Crippen molar-refractivity contribution in [3.8, 4) is 11.8 Å². The number of hydrogen-bond acceptors (Lipinski definition) is 5. The summed E-state index contributed by atoms with van der Waals surface area (Å²) in [5.74, 6) is 0.0998. The Bertz CT molecular complexity index is 1690. The molecule has 0 bridgehead atoms. The summed E-state index contributed by atoms with van der Waals surface area (Å²) in [6.07, 6.45) is 0. The highest BCUT2D eigenvalue weighted by molar-refractivity contribution is 6.35. The van der Waals surface area contributed by atoms with Crippen LogP contribution < -0.4 is 9.64 Å². The molecular formula is C34H28Cl2N4O3. The molecular weight excluding hydrogens is 583 g/mol. The van der Waals surface area contributed by atoms with Crippen molar-refractivity contribution < 1.29 is 14.3 Å². The maximum Gasteiger partial charge on any atom is 0.332 e. The Hall–Kier alpha value is -4.35. The summed E-state index contributed by atoms with van der Waals surface area (Å²) in [5.41, 5.74) is 2.72. The number of likely N-dealkylation sites (tertiary alicyclic amines) is 1. The zero-order chi connectivity index (χ0) is 30.1. The van der Waals surface area contributed by atoms with Gasteiger partial charge in [0.1, 0.15) is 17.9 Å². The zero-order valence-corrected chi connectivity index (χ0v) is 24.9. The quantitative estimate of drug-likeness (QED) is 0.213. The van der Waals surface area contributed by atoms with Gasteiger partial charge in [-0.1, -0.05) is 77.8 Å². The Labute approximate surface area is 260 Å². The minimum atomic E-state index is -1.17. The minimum Gasteiger partial charge on any atom is -0.489 e. The molecule has 4 aromatic rings. The van der Waals surface area contributed by atoms with E-state index in [0.717, 1.165) is 22.4 Å². The smallest absolute Gasteiger partial charge is 0.332 e. The summed E-state index contributed by atoms with van der Waals surface area (Å²) >= 11 is 12.5. The Kier molecular flexibility index (Phi) is 7.85. The summed E-state index contributed by atoms with van der Waals surface area (Å²) in [5, 5.41) is 10.0. The molecule has 4 aromatic carbocycles. The number of benzene rings is 4. The van der Waals surface area contributed by atoms with Gasteiger partial charge in [-0.15, -0.1) is 0 Å². The van der Waals surface area contributed by atoms with Gasteiger partial charge in [0.05, 0.1) is 17.3 Å². The molecule has 2 atom stereocenters. The van der Waals surface area contributed by atoms with Gasteiger partial charge in [-0.05, 0) is 59.2 Å². The largest absolute Gasteiger partial charge is 0.489 e. The minimum absolute atomic E-state index is 0.329. The molecule has 0 N–H and O–H groups in total. The van der Waals surface area contributed by atoms with Crippen LogP contribution in [0.2, 0.25) is 10.0 Å². The van der Waals surface area contributed by atoms with E-state index >= 15 is 0 Å². The first-order valence-corrected chi connectivity index (χ1v) is 14.6. The molecule has 2 unspecified atom stereocenters. The first-order chi connectivity index (χ1) is 20.8. The molecule has 2 heterocycles. The number of imide groups is 1. The fourth-order valence-electron chi connectivity index (χ4n) is 6.10. The molecule has 216 valence electrons. The van der Waals surface area contributed by atoms with Crippen LogP contribution in [0.5, 0.6) is 5.75 Å². The van der Waals surface area contributed by atoms with Crippen molar-refractivity contribution in [3.63, 3.8) is 0 Å². The van der Waals surface area contributed by atoms with Gasteiger partial charge in [0.15, 0.2) is 0 Å². The van der Waals surface area contributed by atoms with E-state index in [1.165, 1.54) is 4.90 Å². The normalized spacial score (nSPS) is 20.2. The van der Waals surface area contributed by atoms with E-state index < -0.39 is 11.6 Å². The lowest BCUT2D eigenvalue weighted by Gasteiger charge is -2.34. The second-order valence-corrected chi connectivity index (χ2v) is 11.8. The fraction of sp³-hybridized carbons (Fsp3) is 0.206. The van der Waals surface area contributed by atoms with Gasteiger partial charge in [0.2, 0.25) is 0 Å². The van der Waals surface area contributed by atoms with Crippen LogP contribution in [0.4, 0.5) is 10.5 Å². The number of hydrogen-bond donors (Lipinski definition) is 0. The lowest BCUT2D eigenvalue weighted by atomic mass is 9.80. The Balaban J connectivity index is 1.28. The Morgan fingerprint density at radius 2 is 1.58 bits per heavy atom. The van der Waals surface area contributed by atoms with Crippen molar-refractivity contribution in [2.75, 3.05) is 25.0 Å². The third-order valence-corrected chi connectivity index (χ3v) is 8.69. The van der Waals surface area contributed by atoms with Gasteiger partial charge in [0.25, 0.3) is 5.91 Å². The number of carbonyl (C=O) groups is 2. The Morgan fingerprint density at radius 1 is 0.907 bits per heavy atom. The molecule has 2 aliphatic heterocycles. The van der Waals surface area contributed by atoms with Crippen molar-refractivity contribution in [1.29, 1.82) is 5.26 Å². The molecule has 6 rings (SSSR count). The SMILES string of the molecule is CN1C(=O)N(c2cc(Cl)cc(Cl)c2)C(=O)C12CN(Cc1ccc(OCc3ccccc3)cc1)CC2c1ccc(C#N)cc1. The number of ether oxygens (including phenoxy) is 1. The van der Waals surface area contributed by atoms with E-state index in [1.54, 1.807) is 42.3 Å². The molecule has 2 saturated heterocycles. The molecule has 9 heteroatoms. The van der Waals surface area contributed by atoms with Crippen molar-refractivity contribution >= 4 is 40.8 Å². The highest BCUT2D eigenvalue weighted by Crippen LogP contribution is 2.47. The maximum absolute atomic E-state index is 14.4. The molecule has 43 heavy (non-hydrogen) atoms. The highest BCUT2D eigenvalue weighted by Gasteiger charge is 2.64. The van der Waals surface area contributed by atoms with E-state index in [1.807, 2.05) is 66.7 Å². The van der Waals surface area contributed by atoms with Crippen LogP contribution in [-0.2, 0) is 17.9 Å². The molecule has 0 radical (unpaired) electrons. The topological polar surface area (TPSA) is 76.9 Å². The lowest BCUT2D eigenvalue weighted by Crippen LogP contribution is -2.53. The van der Waals surface area contributed by atoms with E-state index in [2.05, 4.69) is 11.0 Å². The van der Waals surface area contributed by atoms with Crippen LogP contribution in [0.1, 0.15) is 28.2 Å². The number of carbonyl (C=O) groups excluding carboxylic acids is 2. The molecule has 0 aromatic heterocycles. The molecule has 3 amide bonds. The molecule has 0 saturated carbocycles. The first-order valence-electron chi connectivity index (χ1n) is 13.8. The predicted molar refractivity (Wildman–Crippen MR) is 166 cm³/mol. The van der Waals surface area contributed by atoms with Gasteiger partial charge in [-0.2, -0.15) is 5.26 Å². The number of amides is 3. The molecule has 2 aliphatic rings. The Morgan fingerprint density at radius 3 is 2.23 bits per heavy atom. The van der Waals surface area contributed by atoms with Crippen LogP contribution in [-0.4, -0.2) is 47.4 Å². The average Bonchev–Trinajstić information content (AvgIpc) is 3.48. The number of nitrogens with zero attached hydrogens (tertiary/aromatic N) is 4. The number of rotatable bonds is 7. The second kappa shape index (κ2) is 11.7. The number of halogens is 2. The van der Waals surface area contributed by atoms with E-state index in [4.69, 9.17) is 27.9 Å². The summed E-state index contributed by atoms with van der Waals surface area (Å²) in [7, 11) is 1.67. The summed E-state index contributed by atoms with van der Waals surface area (Å²) < 4.78 is 5.95. The van der Waals surface area contributed by atoms with Crippen molar-refractivity contribution in [2.45, 2.75) is 24.6 Å². The lowest BCUT2D eigenvalue weighted by molar-refractivity contribution is -0.124. The standard InChI is InChI=1S/C34H28Cl2N4O3/c1-38-33(42)40(29-16-27(35)15-28(36)17-29)32(41)34(38)22-39(20-31(34)26-11-7-23(18-37)8-12-26)19-24-9-13-30(14-10-24)43-21-25-5-3-2-4-6-25/h2-17,31H,19-22H2,1H3. The molecule has 1 spiro atoms. The predicted octanol–water partition coefficient (Wildman–Crippen LogP) is 6.88. The van der Waals surface area contributed by atoms with Crippen LogP contribution >= 0.6 is 23.2 Å². The zero-order valence-electron chi connectivity index (χ0n) is 23.4. The summed E-state index contributed by atoms with van der Waals surface area (Å²) in [6, 6.07) is 31.6. The summed E-state index contributed by atoms with van der Waals surface area (Å²) in [4.78, 5) is 33.0. The van der Waals surface area contributed by atoms with Crippen molar-refractivity contribution in [3.05, 3.63) is 129 Å².